The van der Waals surface area contributed by atoms with Gasteiger partial charge in [0, 0.05) is 12.1 Å². The number of nitrogens with zero attached hydrogens (tertiary/aromatic N) is 4. The Morgan fingerprint density at radius 2 is 2.25 bits per heavy atom. The maximum Gasteiger partial charge on any atom is 0.259 e. The molecular formula is C12H11F2N5O. The average Bonchev–Trinajstić information content (AvgIpc) is 2.86. The van der Waals surface area contributed by atoms with Gasteiger partial charge in [-0.1, -0.05) is 6.07 Å². The molecule has 1 amide bonds. The molecule has 104 valence electrons. The van der Waals surface area contributed by atoms with Crippen LogP contribution in [-0.2, 0) is 4.79 Å². The summed E-state index contributed by atoms with van der Waals surface area (Å²) in [5.41, 5.74) is 2.02. The molecule has 0 spiro atoms. The predicted octanol–water partition coefficient (Wildman–Crippen LogP) is 1.66. The van der Waals surface area contributed by atoms with Crippen molar-refractivity contribution in [3.05, 3.63) is 29.6 Å². The van der Waals surface area contributed by atoms with Crippen LogP contribution in [0.4, 0.5) is 14.5 Å². The van der Waals surface area contributed by atoms with Crippen LogP contribution in [0.1, 0.15) is 23.7 Å². The first-order chi connectivity index (χ1) is 9.51. The Labute approximate surface area is 112 Å². The van der Waals surface area contributed by atoms with Crippen molar-refractivity contribution < 1.29 is 13.6 Å². The first-order valence-electron chi connectivity index (χ1n) is 6.00. The first-order valence-corrected chi connectivity index (χ1v) is 6.00. The van der Waals surface area contributed by atoms with Gasteiger partial charge in [-0.05, 0) is 29.8 Å². The van der Waals surface area contributed by atoms with Crippen molar-refractivity contribution in [2.24, 2.45) is 0 Å². The number of hydrogen-bond donors (Lipinski definition) is 1. The number of amides is 1. The Hall–Kier alpha value is -2.38. The Kier molecular flexibility index (Phi) is 2.73. The number of carbonyl (C=O) groups excluding carboxylic acids is 1. The Bertz CT molecular complexity index is 670. The number of benzene rings is 1. The minimum atomic E-state index is -2.72. The fourth-order valence-electron chi connectivity index (χ4n) is 1.92. The van der Waals surface area contributed by atoms with E-state index in [0.29, 0.717) is 17.8 Å². The molecule has 1 aliphatic carbocycles. The highest BCUT2D eigenvalue weighted by atomic mass is 19.3. The summed E-state index contributed by atoms with van der Waals surface area (Å²) in [4.78, 5) is 11.7. The summed E-state index contributed by atoms with van der Waals surface area (Å²) in [7, 11) is 0. The zero-order valence-electron chi connectivity index (χ0n) is 10.5. The smallest absolute Gasteiger partial charge is 0.259 e. The van der Waals surface area contributed by atoms with Crippen LogP contribution in [0.5, 0.6) is 0 Å². The van der Waals surface area contributed by atoms with Gasteiger partial charge in [0.05, 0.1) is 11.6 Å². The fraction of sp³-hybridized carbons (Fsp3) is 0.333. The molecule has 1 atom stereocenters. The summed E-state index contributed by atoms with van der Waals surface area (Å²) in [6.07, 6.45) is 0.335. The maximum absolute atomic E-state index is 12.9. The van der Waals surface area contributed by atoms with E-state index < -0.39 is 11.8 Å². The van der Waals surface area contributed by atoms with Crippen molar-refractivity contribution >= 4 is 12.1 Å². The number of aromatic nitrogens is 4. The highest BCUT2D eigenvalue weighted by Gasteiger charge is 2.60. The van der Waals surface area contributed by atoms with E-state index >= 15 is 0 Å². The summed E-state index contributed by atoms with van der Waals surface area (Å²) < 4.78 is 25.9. The number of aryl methyl sites for hydroxylation is 1. The van der Waals surface area contributed by atoms with Crippen molar-refractivity contribution in [3.63, 3.8) is 0 Å². The zero-order valence-corrected chi connectivity index (χ0v) is 10.5. The largest absolute Gasteiger partial charge is 0.328 e. The van der Waals surface area contributed by atoms with Crippen molar-refractivity contribution in [2.75, 3.05) is 5.32 Å². The number of nitrogens with one attached hydrogen (secondary N) is 1. The van der Waals surface area contributed by atoms with Gasteiger partial charge in [0.2, 0.25) is 6.41 Å². The SMILES string of the molecule is Cc1ccc(-n2nnc(C3CC3(F)F)n2)cc1NC=O. The van der Waals surface area contributed by atoms with Gasteiger partial charge in [-0.3, -0.25) is 4.79 Å². The Morgan fingerprint density at radius 1 is 1.50 bits per heavy atom. The van der Waals surface area contributed by atoms with E-state index in [9.17, 15) is 13.6 Å². The van der Waals surface area contributed by atoms with Crippen LogP contribution in [0.25, 0.3) is 5.69 Å². The molecule has 1 aliphatic rings. The van der Waals surface area contributed by atoms with Gasteiger partial charge in [0.15, 0.2) is 5.82 Å². The lowest BCUT2D eigenvalue weighted by molar-refractivity contribution is -0.105. The van der Waals surface area contributed by atoms with Crippen LogP contribution >= 0.6 is 0 Å². The number of rotatable bonds is 4. The normalized spacial score (nSPS) is 19.6. The van der Waals surface area contributed by atoms with Gasteiger partial charge in [-0.15, -0.1) is 15.0 Å². The van der Waals surface area contributed by atoms with Crippen LogP contribution in [0.15, 0.2) is 18.2 Å². The average molecular weight is 279 g/mol. The molecule has 0 aliphatic heterocycles. The lowest BCUT2D eigenvalue weighted by atomic mass is 10.2. The Morgan fingerprint density at radius 3 is 2.90 bits per heavy atom. The van der Waals surface area contributed by atoms with Crippen molar-refractivity contribution in [1.82, 2.24) is 20.2 Å². The number of anilines is 1. The molecule has 2 aromatic rings. The number of alkyl halides is 2. The summed E-state index contributed by atoms with van der Waals surface area (Å²) in [5, 5.41) is 13.9. The van der Waals surface area contributed by atoms with Crippen LogP contribution < -0.4 is 5.32 Å². The minimum Gasteiger partial charge on any atom is -0.328 e. The predicted molar refractivity (Wildman–Crippen MR) is 65.9 cm³/mol. The van der Waals surface area contributed by atoms with E-state index in [0.717, 1.165) is 5.56 Å². The lowest BCUT2D eigenvalue weighted by Crippen LogP contribution is -2.03. The fourth-order valence-corrected chi connectivity index (χ4v) is 1.92. The molecule has 1 unspecified atom stereocenters. The molecule has 1 aromatic heterocycles. The second-order valence-electron chi connectivity index (χ2n) is 4.72. The maximum atomic E-state index is 12.9. The molecular weight excluding hydrogens is 268 g/mol. The van der Waals surface area contributed by atoms with E-state index in [-0.39, 0.29) is 12.2 Å². The van der Waals surface area contributed by atoms with Crippen LogP contribution in [0.2, 0.25) is 0 Å². The van der Waals surface area contributed by atoms with Gasteiger partial charge < -0.3 is 5.32 Å². The molecule has 1 N–H and O–H groups in total. The molecule has 1 fully saturated rings. The van der Waals surface area contributed by atoms with Crippen molar-refractivity contribution in [2.45, 2.75) is 25.2 Å². The lowest BCUT2D eigenvalue weighted by Gasteiger charge is -2.06. The van der Waals surface area contributed by atoms with Gasteiger partial charge in [-0.2, -0.15) is 0 Å². The summed E-state index contributed by atoms with van der Waals surface area (Å²) in [5.74, 6) is -3.61. The summed E-state index contributed by atoms with van der Waals surface area (Å²) >= 11 is 0. The summed E-state index contributed by atoms with van der Waals surface area (Å²) in [6.45, 7) is 1.83. The third-order valence-electron chi connectivity index (χ3n) is 3.23. The third kappa shape index (κ3) is 2.13. The second-order valence-corrected chi connectivity index (χ2v) is 4.72. The highest BCUT2D eigenvalue weighted by Crippen LogP contribution is 2.54. The topological polar surface area (TPSA) is 72.7 Å². The van der Waals surface area contributed by atoms with Gasteiger partial charge in [-0.25, -0.2) is 8.78 Å². The van der Waals surface area contributed by atoms with Gasteiger partial charge >= 0.3 is 0 Å². The highest BCUT2D eigenvalue weighted by molar-refractivity contribution is 5.74. The molecule has 1 heterocycles. The van der Waals surface area contributed by atoms with Crippen LogP contribution in [0, 0.1) is 6.92 Å². The number of tetrazole rings is 1. The van der Waals surface area contributed by atoms with Crippen molar-refractivity contribution in [3.8, 4) is 5.69 Å². The van der Waals surface area contributed by atoms with Crippen molar-refractivity contribution in [1.29, 1.82) is 0 Å². The number of hydrogen-bond acceptors (Lipinski definition) is 4. The number of carbonyl (C=O) groups is 1. The van der Waals surface area contributed by atoms with E-state index in [4.69, 9.17) is 0 Å². The van der Waals surface area contributed by atoms with E-state index in [1.165, 1.54) is 4.80 Å². The van der Waals surface area contributed by atoms with Gasteiger partial charge in [0.25, 0.3) is 5.92 Å². The molecule has 8 heteroatoms. The second kappa shape index (κ2) is 4.32. The van der Waals surface area contributed by atoms with E-state index in [1.807, 2.05) is 6.92 Å². The molecule has 3 rings (SSSR count). The monoisotopic (exact) mass is 279 g/mol. The molecule has 1 aromatic carbocycles. The summed E-state index contributed by atoms with van der Waals surface area (Å²) in [6, 6.07) is 5.15. The van der Waals surface area contributed by atoms with E-state index in [1.54, 1.807) is 18.2 Å². The first kappa shape index (κ1) is 12.6. The zero-order chi connectivity index (χ0) is 14.3. The molecule has 6 nitrogen and oxygen atoms in total. The van der Waals surface area contributed by atoms with E-state index in [2.05, 4.69) is 20.7 Å². The molecule has 20 heavy (non-hydrogen) atoms. The molecule has 0 saturated heterocycles. The molecule has 1 saturated carbocycles. The van der Waals surface area contributed by atoms with Crippen LogP contribution in [-0.4, -0.2) is 32.5 Å². The molecule has 0 radical (unpaired) electrons. The standard InChI is InChI=1S/C12H11F2N5O/c1-7-2-3-8(4-10(7)15-6-20)19-17-11(16-18-19)9-5-12(9,13)14/h2-4,6,9H,5H2,1H3,(H,15,20). The Balaban J connectivity index is 1.90. The minimum absolute atomic E-state index is 0.0421. The van der Waals surface area contributed by atoms with Crippen LogP contribution in [0.3, 0.4) is 0 Å². The number of halogens is 2. The quantitative estimate of drug-likeness (QED) is 0.864. The van der Waals surface area contributed by atoms with Gasteiger partial charge in [0.1, 0.15) is 0 Å². The third-order valence-corrected chi connectivity index (χ3v) is 3.23. The molecule has 0 bridgehead atoms.